The second-order valence-corrected chi connectivity index (χ2v) is 3.62. The molecule has 1 aliphatic carbocycles. The first kappa shape index (κ1) is 8.78. The molecule has 0 bridgehead atoms. The minimum atomic E-state index is 0.828. The quantitative estimate of drug-likeness (QED) is 0.567. The highest BCUT2D eigenvalue weighted by molar-refractivity contribution is 5.07. The lowest BCUT2D eigenvalue weighted by Crippen LogP contribution is -2.28. The van der Waals surface area contributed by atoms with E-state index >= 15 is 0 Å². The van der Waals surface area contributed by atoms with Crippen LogP contribution in [0.15, 0.2) is 18.5 Å². The highest BCUT2D eigenvalue weighted by Gasteiger charge is 2.19. The van der Waals surface area contributed by atoms with E-state index in [-0.39, 0.29) is 0 Å². The van der Waals surface area contributed by atoms with E-state index in [1.54, 1.807) is 0 Å². The SMILES string of the molecule is c1cc(CNCCNC2CC2)c[nH]1. The third kappa shape index (κ3) is 3.20. The van der Waals surface area contributed by atoms with Gasteiger partial charge in [0.05, 0.1) is 0 Å². The van der Waals surface area contributed by atoms with Crippen molar-refractivity contribution in [3.63, 3.8) is 0 Å². The Labute approximate surface area is 78.9 Å². The lowest BCUT2D eigenvalue weighted by Gasteiger charge is -2.03. The van der Waals surface area contributed by atoms with Crippen LogP contribution in [0.5, 0.6) is 0 Å². The topological polar surface area (TPSA) is 39.8 Å². The van der Waals surface area contributed by atoms with Crippen LogP contribution in [0.25, 0.3) is 0 Å². The maximum atomic E-state index is 3.47. The first-order valence-corrected chi connectivity index (χ1v) is 5.01. The van der Waals surface area contributed by atoms with E-state index in [0.29, 0.717) is 0 Å². The maximum absolute atomic E-state index is 3.47. The highest BCUT2D eigenvalue weighted by atomic mass is 15.0. The molecule has 0 unspecified atom stereocenters. The van der Waals surface area contributed by atoms with Crippen LogP contribution in [0.1, 0.15) is 18.4 Å². The third-order valence-electron chi connectivity index (χ3n) is 2.30. The Hall–Kier alpha value is -0.800. The van der Waals surface area contributed by atoms with Crippen LogP contribution >= 0.6 is 0 Å². The molecule has 1 aromatic heterocycles. The van der Waals surface area contributed by atoms with E-state index < -0.39 is 0 Å². The van der Waals surface area contributed by atoms with Crippen molar-refractivity contribution >= 4 is 0 Å². The van der Waals surface area contributed by atoms with Crippen LogP contribution in [0.3, 0.4) is 0 Å². The van der Waals surface area contributed by atoms with Crippen LogP contribution in [-0.4, -0.2) is 24.1 Å². The average molecular weight is 179 g/mol. The molecule has 0 atom stereocenters. The second-order valence-electron chi connectivity index (χ2n) is 3.62. The minimum Gasteiger partial charge on any atom is -0.367 e. The van der Waals surface area contributed by atoms with Gasteiger partial charge >= 0.3 is 0 Å². The molecule has 1 fully saturated rings. The predicted octanol–water partition coefficient (Wildman–Crippen LogP) is 0.856. The zero-order valence-electron chi connectivity index (χ0n) is 7.84. The largest absolute Gasteiger partial charge is 0.367 e. The molecule has 1 aliphatic rings. The Bertz CT molecular complexity index is 226. The Kier molecular flexibility index (Phi) is 3.00. The van der Waals surface area contributed by atoms with E-state index in [1.807, 2.05) is 12.4 Å². The number of rotatable bonds is 6. The molecule has 0 saturated heterocycles. The molecule has 72 valence electrons. The van der Waals surface area contributed by atoms with Crippen molar-refractivity contribution < 1.29 is 0 Å². The lowest BCUT2D eigenvalue weighted by atomic mass is 10.3. The number of hydrogen-bond acceptors (Lipinski definition) is 2. The summed E-state index contributed by atoms with van der Waals surface area (Å²) in [6.45, 7) is 3.12. The zero-order chi connectivity index (χ0) is 8.93. The number of aromatic nitrogens is 1. The third-order valence-corrected chi connectivity index (χ3v) is 2.30. The van der Waals surface area contributed by atoms with E-state index in [2.05, 4.69) is 21.7 Å². The fourth-order valence-corrected chi connectivity index (χ4v) is 1.35. The second kappa shape index (κ2) is 4.44. The minimum absolute atomic E-state index is 0.828. The van der Waals surface area contributed by atoms with Crippen molar-refractivity contribution in [2.24, 2.45) is 0 Å². The summed E-state index contributed by atoms with van der Waals surface area (Å²) in [4.78, 5) is 3.04. The molecule has 0 amide bonds. The van der Waals surface area contributed by atoms with Gasteiger partial charge in [-0.2, -0.15) is 0 Å². The summed E-state index contributed by atoms with van der Waals surface area (Å²) >= 11 is 0. The molecule has 1 aromatic rings. The Morgan fingerprint density at radius 3 is 3.00 bits per heavy atom. The molecule has 0 spiro atoms. The van der Waals surface area contributed by atoms with Crippen molar-refractivity contribution in [3.05, 3.63) is 24.0 Å². The molecule has 1 saturated carbocycles. The summed E-state index contributed by atoms with van der Waals surface area (Å²) in [5.74, 6) is 0. The molecule has 1 heterocycles. The number of nitrogens with one attached hydrogen (secondary N) is 3. The van der Waals surface area contributed by atoms with Gasteiger partial charge in [-0.1, -0.05) is 0 Å². The normalized spacial score (nSPS) is 16.3. The van der Waals surface area contributed by atoms with Gasteiger partial charge in [0.15, 0.2) is 0 Å². The lowest BCUT2D eigenvalue weighted by molar-refractivity contribution is 0.609. The molecular formula is C10H17N3. The van der Waals surface area contributed by atoms with Crippen LogP contribution in [0.4, 0.5) is 0 Å². The van der Waals surface area contributed by atoms with Crippen LogP contribution in [0.2, 0.25) is 0 Å². The van der Waals surface area contributed by atoms with Crippen LogP contribution < -0.4 is 10.6 Å². The molecule has 0 radical (unpaired) electrons. The molecule has 13 heavy (non-hydrogen) atoms. The summed E-state index contributed by atoms with van der Waals surface area (Å²) in [5.41, 5.74) is 1.33. The van der Waals surface area contributed by atoms with E-state index in [9.17, 15) is 0 Å². The standard InChI is InChI=1S/C10H17N3/c1-2-10(1)13-6-5-12-8-9-3-4-11-7-9/h3-4,7,10-13H,1-2,5-6,8H2. The summed E-state index contributed by atoms with van der Waals surface area (Å²) in [6, 6.07) is 2.93. The van der Waals surface area contributed by atoms with Gasteiger partial charge in [0.1, 0.15) is 0 Å². The van der Waals surface area contributed by atoms with Crippen LogP contribution in [-0.2, 0) is 6.54 Å². The highest BCUT2D eigenvalue weighted by Crippen LogP contribution is 2.17. The van der Waals surface area contributed by atoms with Gasteiger partial charge in [0.2, 0.25) is 0 Å². The number of aromatic amines is 1. The first-order valence-electron chi connectivity index (χ1n) is 5.01. The molecule has 3 nitrogen and oxygen atoms in total. The monoisotopic (exact) mass is 179 g/mol. The zero-order valence-corrected chi connectivity index (χ0v) is 7.84. The van der Waals surface area contributed by atoms with Gasteiger partial charge < -0.3 is 15.6 Å². The molecule has 3 heteroatoms. The molecule has 3 N–H and O–H groups in total. The van der Waals surface area contributed by atoms with Crippen molar-refractivity contribution in [1.29, 1.82) is 0 Å². The summed E-state index contributed by atoms with van der Waals surface area (Å²) < 4.78 is 0. The molecule has 0 aromatic carbocycles. The molecular weight excluding hydrogens is 162 g/mol. The van der Waals surface area contributed by atoms with E-state index in [1.165, 1.54) is 18.4 Å². The van der Waals surface area contributed by atoms with Gasteiger partial charge in [0, 0.05) is 38.1 Å². The van der Waals surface area contributed by atoms with Crippen molar-refractivity contribution in [3.8, 4) is 0 Å². The van der Waals surface area contributed by atoms with E-state index in [4.69, 9.17) is 0 Å². The van der Waals surface area contributed by atoms with Gasteiger partial charge in [-0.15, -0.1) is 0 Å². The van der Waals surface area contributed by atoms with Gasteiger partial charge in [-0.05, 0) is 24.5 Å². The first-order chi connectivity index (χ1) is 6.45. The average Bonchev–Trinajstić information content (AvgIpc) is 2.81. The van der Waals surface area contributed by atoms with Crippen molar-refractivity contribution in [2.75, 3.05) is 13.1 Å². The molecule has 0 aliphatic heterocycles. The van der Waals surface area contributed by atoms with E-state index in [0.717, 1.165) is 25.7 Å². The van der Waals surface area contributed by atoms with Crippen LogP contribution in [0, 0.1) is 0 Å². The van der Waals surface area contributed by atoms with Crippen molar-refractivity contribution in [2.45, 2.75) is 25.4 Å². The van der Waals surface area contributed by atoms with Crippen molar-refractivity contribution in [1.82, 2.24) is 15.6 Å². The molecule has 2 rings (SSSR count). The smallest absolute Gasteiger partial charge is 0.0220 e. The summed E-state index contributed by atoms with van der Waals surface area (Å²) in [6.07, 6.45) is 6.73. The Morgan fingerprint density at radius 2 is 2.31 bits per heavy atom. The fourth-order valence-electron chi connectivity index (χ4n) is 1.35. The van der Waals surface area contributed by atoms with Gasteiger partial charge in [-0.25, -0.2) is 0 Å². The fraction of sp³-hybridized carbons (Fsp3) is 0.600. The predicted molar refractivity (Wildman–Crippen MR) is 53.5 cm³/mol. The number of H-pyrrole nitrogens is 1. The summed E-state index contributed by atoms with van der Waals surface area (Å²) in [7, 11) is 0. The Balaban J connectivity index is 1.48. The Morgan fingerprint density at radius 1 is 1.38 bits per heavy atom. The maximum Gasteiger partial charge on any atom is 0.0220 e. The van der Waals surface area contributed by atoms with Gasteiger partial charge in [0.25, 0.3) is 0 Å². The number of hydrogen-bond donors (Lipinski definition) is 3. The van der Waals surface area contributed by atoms with Gasteiger partial charge in [-0.3, -0.25) is 0 Å². The summed E-state index contributed by atoms with van der Waals surface area (Å²) in [5, 5.41) is 6.85.